The van der Waals surface area contributed by atoms with Crippen LogP contribution in [-0.2, 0) is 16.1 Å². The highest BCUT2D eigenvalue weighted by Crippen LogP contribution is 2.22. The van der Waals surface area contributed by atoms with E-state index < -0.39 is 5.54 Å². The zero-order chi connectivity index (χ0) is 14.2. The van der Waals surface area contributed by atoms with Crippen molar-refractivity contribution in [3.05, 3.63) is 6.33 Å². The van der Waals surface area contributed by atoms with Crippen LogP contribution in [0.15, 0.2) is 6.33 Å². The van der Waals surface area contributed by atoms with Gasteiger partial charge >= 0.3 is 0 Å². The summed E-state index contributed by atoms with van der Waals surface area (Å²) in [5.41, 5.74) is 4.56. The van der Waals surface area contributed by atoms with Crippen molar-refractivity contribution in [2.75, 3.05) is 25.9 Å². The van der Waals surface area contributed by atoms with Gasteiger partial charge in [0.2, 0.25) is 17.8 Å². The molecule has 2 N–H and O–H groups in total. The third-order valence-electron chi connectivity index (χ3n) is 3.36. The molecule has 1 aromatic rings. The van der Waals surface area contributed by atoms with Crippen LogP contribution in [0.25, 0.3) is 0 Å². The highest BCUT2D eigenvalue weighted by atomic mass is 16.2. The van der Waals surface area contributed by atoms with E-state index in [1.54, 1.807) is 30.7 Å². The van der Waals surface area contributed by atoms with Crippen molar-refractivity contribution in [3.63, 3.8) is 0 Å². The van der Waals surface area contributed by atoms with Crippen LogP contribution in [0.4, 0.5) is 5.95 Å². The molecular weight excluding hydrogens is 248 g/mol. The number of aromatic nitrogens is 3. The normalized spacial score (nSPS) is 18.8. The summed E-state index contributed by atoms with van der Waals surface area (Å²) in [6.07, 6.45) is 1.40. The summed E-state index contributed by atoms with van der Waals surface area (Å²) in [5, 5.41) is 3.87. The molecule has 0 spiro atoms. The van der Waals surface area contributed by atoms with Gasteiger partial charge in [0.15, 0.2) is 0 Å². The summed E-state index contributed by atoms with van der Waals surface area (Å²) in [4.78, 5) is 31.3. The minimum absolute atomic E-state index is 0.0324. The van der Waals surface area contributed by atoms with E-state index in [9.17, 15) is 9.59 Å². The number of rotatable bonds is 2. The number of piperazine rings is 1. The number of carbonyl (C=O) groups is 2. The SMILES string of the molecule is CN1CCN(C(=O)Cn2cnc(N)n2)C(C)(C)C1=O. The van der Waals surface area contributed by atoms with Crippen LogP contribution in [0.5, 0.6) is 0 Å². The van der Waals surface area contributed by atoms with Gasteiger partial charge in [-0.2, -0.15) is 0 Å². The van der Waals surface area contributed by atoms with Gasteiger partial charge in [-0.25, -0.2) is 9.67 Å². The summed E-state index contributed by atoms with van der Waals surface area (Å²) in [5.74, 6) is -0.108. The van der Waals surface area contributed by atoms with E-state index in [2.05, 4.69) is 10.1 Å². The Bertz CT molecular complexity index is 509. The van der Waals surface area contributed by atoms with Crippen molar-refractivity contribution >= 4 is 17.8 Å². The van der Waals surface area contributed by atoms with E-state index in [1.165, 1.54) is 11.0 Å². The lowest BCUT2D eigenvalue weighted by Crippen LogP contribution is -2.64. The molecule has 1 aliphatic rings. The monoisotopic (exact) mass is 266 g/mol. The summed E-state index contributed by atoms with van der Waals surface area (Å²) in [6, 6.07) is 0. The second-order valence-corrected chi connectivity index (χ2v) is 5.13. The van der Waals surface area contributed by atoms with Gasteiger partial charge in [0, 0.05) is 20.1 Å². The van der Waals surface area contributed by atoms with Gasteiger partial charge in [-0.1, -0.05) is 0 Å². The molecule has 1 aliphatic heterocycles. The van der Waals surface area contributed by atoms with E-state index in [0.717, 1.165) is 0 Å². The van der Waals surface area contributed by atoms with Crippen LogP contribution >= 0.6 is 0 Å². The first-order valence-corrected chi connectivity index (χ1v) is 6.03. The van der Waals surface area contributed by atoms with Crippen LogP contribution < -0.4 is 5.73 Å². The Morgan fingerprint density at radius 1 is 1.47 bits per heavy atom. The van der Waals surface area contributed by atoms with Gasteiger partial charge in [-0.05, 0) is 13.8 Å². The van der Waals surface area contributed by atoms with E-state index in [-0.39, 0.29) is 24.3 Å². The quantitative estimate of drug-likeness (QED) is 0.736. The number of nitrogen functional groups attached to an aromatic ring is 1. The predicted octanol–water partition coefficient (Wildman–Crippen LogP) is -1.06. The summed E-state index contributed by atoms with van der Waals surface area (Å²) in [7, 11) is 1.74. The fourth-order valence-electron chi connectivity index (χ4n) is 2.26. The molecule has 0 unspecified atom stereocenters. The highest BCUT2D eigenvalue weighted by molar-refractivity contribution is 5.91. The van der Waals surface area contributed by atoms with Gasteiger partial charge in [0.25, 0.3) is 0 Å². The zero-order valence-corrected chi connectivity index (χ0v) is 11.3. The van der Waals surface area contributed by atoms with Gasteiger partial charge in [-0.15, -0.1) is 5.10 Å². The van der Waals surface area contributed by atoms with Crippen LogP contribution in [0.2, 0.25) is 0 Å². The first kappa shape index (κ1) is 13.3. The van der Waals surface area contributed by atoms with Gasteiger partial charge in [-0.3, -0.25) is 9.59 Å². The number of hydrogen-bond acceptors (Lipinski definition) is 5. The van der Waals surface area contributed by atoms with Crippen LogP contribution in [0, 0.1) is 0 Å². The number of amides is 2. The lowest BCUT2D eigenvalue weighted by atomic mass is 9.97. The molecule has 0 aromatic carbocycles. The van der Waals surface area contributed by atoms with Crippen LogP contribution in [0.3, 0.4) is 0 Å². The third-order valence-corrected chi connectivity index (χ3v) is 3.36. The number of hydrogen-bond donors (Lipinski definition) is 1. The lowest BCUT2D eigenvalue weighted by molar-refractivity contribution is -0.157. The van der Waals surface area contributed by atoms with Crippen LogP contribution in [0.1, 0.15) is 13.8 Å². The molecule has 1 saturated heterocycles. The second-order valence-electron chi connectivity index (χ2n) is 5.13. The molecule has 2 heterocycles. The molecule has 1 aromatic heterocycles. The smallest absolute Gasteiger partial charge is 0.247 e. The number of likely N-dealkylation sites (N-methyl/N-ethyl adjacent to an activating group) is 1. The predicted molar refractivity (Wildman–Crippen MR) is 67.9 cm³/mol. The highest BCUT2D eigenvalue weighted by Gasteiger charge is 2.42. The molecule has 2 amide bonds. The Balaban J connectivity index is 2.12. The van der Waals surface area contributed by atoms with E-state index in [0.29, 0.717) is 13.1 Å². The maximum absolute atomic E-state index is 12.3. The lowest BCUT2D eigenvalue weighted by Gasteiger charge is -2.44. The minimum atomic E-state index is -0.837. The Kier molecular flexibility index (Phi) is 3.17. The van der Waals surface area contributed by atoms with Crippen molar-refractivity contribution in [1.82, 2.24) is 24.6 Å². The molecule has 104 valence electrons. The summed E-state index contributed by atoms with van der Waals surface area (Å²) >= 11 is 0. The molecule has 0 radical (unpaired) electrons. The van der Waals surface area contributed by atoms with Gasteiger partial charge < -0.3 is 15.5 Å². The molecule has 8 nitrogen and oxygen atoms in total. The van der Waals surface area contributed by atoms with Crippen molar-refractivity contribution in [3.8, 4) is 0 Å². The average Bonchev–Trinajstić information content (AvgIpc) is 2.71. The average molecular weight is 266 g/mol. The molecule has 1 fully saturated rings. The number of nitrogens with two attached hydrogens (primary N) is 1. The van der Waals surface area contributed by atoms with Crippen molar-refractivity contribution in [2.24, 2.45) is 0 Å². The fraction of sp³-hybridized carbons (Fsp3) is 0.636. The van der Waals surface area contributed by atoms with E-state index >= 15 is 0 Å². The molecule has 0 aliphatic carbocycles. The van der Waals surface area contributed by atoms with Crippen molar-refractivity contribution in [2.45, 2.75) is 25.9 Å². The molecule has 0 bridgehead atoms. The number of anilines is 1. The molecular formula is C11H18N6O2. The van der Waals surface area contributed by atoms with Crippen molar-refractivity contribution < 1.29 is 9.59 Å². The Hall–Kier alpha value is -2.12. The topological polar surface area (TPSA) is 97.3 Å². The number of carbonyl (C=O) groups excluding carboxylic acids is 2. The van der Waals surface area contributed by atoms with Crippen LogP contribution in [-0.4, -0.2) is 62.1 Å². The number of nitrogens with zero attached hydrogens (tertiary/aromatic N) is 5. The second kappa shape index (κ2) is 4.52. The first-order valence-electron chi connectivity index (χ1n) is 6.03. The van der Waals surface area contributed by atoms with Gasteiger partial charge in [0.1, 0.15) is 18.4 Å². The van der Waals surface area contributed by atoms with Gasteiger partial charge in [0.05, 0.1) is 0 Å². The third kappa shape index (κ3) is 2.38. The molecule has 2 rings (SSSR count). The molecule has 0 saturated carbocycles. The fourth-order valence-corrected chi connectivity index (χ4v) is 2.26. The maximum Gasteiger partial charge on any atom is 0.247 e. The summed E-state index contributed by atoms with van der Waals surface area (Å²) in [6.45, 7) is 4.58. The zero-order valence-electron chi connectivity index (χ0n) is 11.3. The maximum atomic E-state index is 12.3. The molecule has 8 heteroatoms. The van der Waals surface area contributed by atoms with E-state index in [4.69, 9.17) is 5.73 Å². The largest absolute Gasteiger partial charge is 0.367 e. The first-order chi connectivity index (χ1) is 8.82. The van der Waals surface area contributed by atoms with Crippen molar-refractivity contribution in [1.29, 1.82) is 0 Å². The Morgan fingerprint density at radius 2 is 2.16 bits per heavy atom. The Morgan fingerprint density at radius 3 is 2.74 bits per heavy atom. The molecule has 0 atom stereocenters. The Labute approximate surface area is 111 Å². The molecule has 19 heavy (non-hydrogen) atoms. The van der Waals surface area contributed by atoms with E-state index in [1.807, 2.05) is 0 Å². The summed E-state index contributed by atoms with van der Waals surface area (Å²) < 4.78 is 1.37. The standard InChI is InChI=1S/C11H18N6O2/c1-11(2)9(19)15(3)4-5-17(11)8(18)6-16-7-13-10(12)14-16/h7H,4-6H2,1-3H3,(H2,12,14). The minimum Gasteiger partial charge on any atom is -0.367 e.